The van der Waals surface area contributed by atoms with Crippen molar-refractivity contribution >= 4 is 29.4 Å². The summed E-state index contributed by atoms with van der Waals surface area (Å²) in [7, 11) is 1.52. The summed E-state index contributed by atoms with van der Waals surface area (Å²) < 4.78 is 0. The summed E-state index contributed by atoms with van der Waals surface area (Å²) in [4.78, 5) is 50.3. The molecule has 146 valence electrons. The molecule has 1 aromatic carbocycles. The molecule has 0 aliphatic carbocycles. The normalized spacial score (nSPS) is 16.6. The van der Waals surface area contributed by atoms with Gasteiger partial charge in [0.25, 0.3) is 5.91 Å². The first kappa shape index (κ1) is 20.4. The van der Waals surface area contributed by atoms with Gasteiger partial charge >= 0.3 is 5.97 Å². The molecule has 0 bridgehead atoms. The van der Waals surface area contributed by atoms with E-state index in [1.807, 2.05) is 6.92 Å². The molecule has 2 rings (SSSR count). The lowest BCUT2D eigenvalue weighted by Crippen LogP contribution is -2.46. The van der Waals surface area contributed by atoms with Crippen molar-refractivity contribution in [1.82, 2.24) is 9.80 Å². The summed E-state index contributed by atoms with van der Waals surface area (Å²) in [6.07, 6.45) is 1.20. The van der Waals surface area contributed by atoms with Crippen molar-refractivity contribution in [3.05, 3.63) is 29.3 Å². The molecule has 1 aliphatic rings. The Kier molecular flexibility index (Phi) is 6.55. The topological polar surface area (TPSA) is 107 Å². The zero-order valence-corrected chi connectivity index (χ0v) is 15.8. The quantitative estimate of drug-likeness (QED) is 0.808. The monoisotopic (exact) mass is 375 g/mol. The van der Waals surface area contributed by atoms with Crippen LogP contribution in [0.5, 0.6) is 0 Å². The number of carboxylic acids is 1. The van der Waals surface area contributed by atoms with Crippen LogP contribution in [-0.2, 0) is 14.4 Å². The third kappa shape index (κ3) is 5.29. The molecule has 0 spiro atoms. The van der Waals surface area contributed by atoms with Crippen LogP contribution in [0, 0.1) is 12.8 Å². The molecule has 0 aromatic heterocycles. The first-order chi connectivity index (χ1) is 12.7. The van der Waals surface area contributed by atoms with Crippen LogP contribution in [0.2, 0.25) is 0 Å². The van der Waals surface area contributed by atoms with Gasteiger partial charge in [-0.2, -0.15) is 0 Å². The second kappa shape index (κ2) is 8.66. The summed E-state index contributed by atoms with van der Waals surface area (Å²) in [5.41, 5.74) is 1.74. The molecule has 8 nitrogen and oxygen atoms in total. The lowest BCUT2D eigenvalue weighted by Gasteiger charge is -2.32. The highest BCUT2D eigenvalue weighted by Gasteiger charge is 2.29. The van der Waals surface area contributed by atoms with E-state index < -0.39 is 11.9 Å². The lowest BCUT2D eigenvalue weighted by atomic mass is 9.98. The Balaban J connectivity index is 2.03. The van der Waals surface area contributed by atoms with Crippen molar-refractivity contribution in [2.45, 2.75) is 26.7 Å². The number of benzene rings is 1. The van der Waals surface area contributed by atoms with Crippen molar-refractivity contribution in [3.63, 3.8) is 0 Å². The lowest BCUT2D eigenvalue weighted by molar-refractivity contribution is -0.145. The minimum Gasteiger partial charge on any atom is -0.481 e. The number of piperidine rings is 1. The Hall–Kier alpha value is -2.90. The number of likely N-dealkylation sites (N-methyl/N-ethyl adjacent to an activating group) is 1. The third-order valence-corrected chi connectivity index (χ3v) is 4.64. The van der Waals surface area contributed by atoms with Gasteiger partial charge in [0.05, 0.1) is 12.5 Å². The Morgan fingerprint density at radius 3 is 2.63 bits per heavy atom. The molecular formula is C19H25N3O5. The van der Waals surface area contributed by atoms with E-state index in [4.69, 9.17) is 5.11 Å². The molecule has 2 N–H and O–H groups in total. The van der Waals surface area contributed by atoms with Gasteiger partial charge in [-0.1, -0.05) is 6.07 Å². The molecule has 8 heteroatoms. The minimum atomic E-state index is -0.901. The fourth-order valence-corrected chi connectivity index (χ4v) is 3.08. The van der Waals surface area contributed by atoms with Crippen LogP contribution < -0.4 is 5.32 Å². The highest BCUT2D eigenvalue weighted by molar-refractivity contribution is 5.98. The van der Waals surface area contributed by atoms with Gasteiger partial charge in [-0.25, -0.2) is 0 Å². The largest absolute Gasteiger partial charge is 0.481 e. The number of rotatable bonds is 5. The van der Waals surface area contributed by atoms with Gasteiger partial charge in [-0.15, -0.1) is 0 Å². The molecule has 1 unspecified atom stereocenters. The molecule has 3 amide bonds. The van der Waals surface area contributed by atoms with E-state index >= 15 is 0 Å². The fourth-order valence-electron chi connectivity index (χ4n) is 3.08. The molecule has 27 heavy (non-hydrogen) atoms. The summed E-state index contributed by atoms with van der Waals surface area (Å²) in [5, 5.41) is 11.8. The van der Waals surface area contributed by atoms with Crippen molar-refractivity contribution in [3.8, 4) is 0 Å². The minimum absolute atomic E-state index is 0.130. The molecule has 1 fully saturated rings. The van der Waals surface area contributed by atoms with E-state index in [9.17, 15) is 19.2 Å². The van der Waals surface area contributed by atoms with Crippen molar-refractivity contribution in [1.29, 1.82) is 0 Å². The zero-order chi connectivity index (χ0) is 20.1. The molecule has 1 aromatic rings. The molecule has 1 heterocycles. The Labute approximate surface area is 158 Å². The van der Waals surface area contributed by atoms with Crippen LogP contribution in [0.4, 0.5) is 5.69 Å². The first-order valence-electron chi connectivity index (χ1n) is 8.83. The average Bonchev–Trinajstić information content (AvgIpc) is 2.62. The van der Waals surface area contributed by atoms with Crippen LogP contribution in [-0.4, -0.2) is 65.3 Å². The van der Waals surface area contributed by atoms with Crippen molar-refractivity contribution < 1.29 is 24.3 Å². The summed E-state index contributed by atoms with van der Waals surface area (Å²) in [6, 6.07) is 4.96. The summed E-state index contributed by atoms with van der Waals surface area (Å²) >= 11 is 0. The van der Waals surface area contributed by atoms with Gasteiger partial charge in [0, 0.05) is 38.3 Å². The molecule has 0 saturated carbocycles. The van der Waals surface area contributed by atoms with Gasteiger partial charge in [0.15, 0.2) is 0 Å². The summed E-state index contributed by atoms with van der Waals surface area (Å²) in [5.74, 6) is -2.31. The second-order valence-corrected chi connectivity index (χ2v) is 6.89. The predicted molar refractivity (Wildman–Crippen MR) is 99.4 cm³/mol. The first-order valence-corrected chi connectivity index (χ1v) is 8.83. The molecule has 1 saturated heterocycles. The fraction of sp³-hybridized carbons (Fsp3) is 0.474. The van der Waals surface area contributed by atoms with Gasteiger partial charge in [-0.05, 0) is 37.5 Å². The summed E-state index contributed by atoms with van der Waals surface area (Å²) in [6.45, 7) is 3.76. The van der Waals surface area contributed by atoms with Crippen LogP contribution in [0.1, 0.15) is 35.7 Å². The van der Waals surface area contributed by atoms with E-state index in [0.717, 1.165) is 5.56 Å². The number of hydrogen-bond acceptors (Lipinski definition) is 4. The highest BCUT2D eigenvalue weighted by atomic mass is 16.4. The van der Waals surface area contributed by atoms with Crippen LogP contribution in [0.3, 0.4) is 0 Å². The molecular weight excluding hydrogens is 350 g/mol. The van der Waals surface area contributed by atoms with Crippen molar-refractivity contribution in [2.24, 2.45) is 5.92 Å². The maximum Gasteiger partial charge on any atom is 0.308 e. The molecule has 0 radical (unpaired) electrons. The number of carboxylic acid groups (broad SMARTS) is 1. The number of carbonyl (C=O) groups is 4. The van der Waals surface area contributed by atoms with E-state index in [0.29, 0.717) is 30.6 Å². The molecule has 1 atom stereocenters. The predicted octanol–water partition coefficient (Wildman–Crippen LogP) is 1.35. The van der Waals surface area contributed by atoms with Gasteiger partial charge in [-0.3, -0.25) is 19.2 Å². The number of amides is 3. The van der Waals surface area contributed by atoms with Gasteiger partial charge in [0.1, 0.15) is 0 Å². The number of aryl methyl sites for hydroxylation is 1. The smallest absolute Gasteiger partial charge is 0.308 e. The zero-order valence-electron chi connectivity index (χ0n) is 15.8. The highest BCUT2D eigenvalue weighted by Crippen LogP contribution is 2.19. The van der Waals surface area contributed by atoms with E-state index in [1.54, 1.807) is 18.2 Å². The van der Waals surface area contributed by atoms with Crippen LogP contribution >= 0.6 is 0 Å². The maximum atomic E-state index is 12.6. The SMILES string of the molecule is CC(=O)Nc1cc(C(=O)N(C)CC(=O)N2CCCC(C(=O)O)C2)ccc1C. The maximum absolute atomic E-state index is 12.6. The number of nitrogens with zero attached hydrogens (tertiary/aromatic N) is 2. The van der Waals surface area contributed by atoms with Crippen LogP contribution in [0.25, 0.3) is 0 Å². The number of carbonyl (C=O) groups excluding carboxylic acids is 3. The standard InChI is InChI=1S/C19H25N3O5/c1-12-6-7-14(9-16(12)20-13(2)23)18(25)21(3)11-17(24)22-8-4-5-15(10-22)19(26)27/h6-7,9,15H,4-5,8,10-11H2,1-3H3,(H,20,23)(H,26,27). The number of aliphatic carboxylic acids is 1. The van der Waals surface area contributed by atoms with E-state index in [2.05, 4.69) is 5.32 Å². The second-order valence-electron chi connectivity index (χ2n) is 6.89. The Morgan fingerprint density at radius 2 is 2.00 bits per heavy atom. The number of anilines is 1. The number of hydrogen-bond donors (Lipinski definition) is 2. The Bertz CT molecular complexity index is 762. The van der Waals surface area contributed by atoms with E-state index in [1.165, 1.54) is 23.8 Å². The van der Waals surface area contributed by atoms with Crippen LogP contribution in [0.15, 0.2) is 18.2 Å². The Morgan fingerprint density at radius 1 is 1.30 bits per heavy atom. The van der Waals surface area contributed by atoms with Gasteiger partial charge < -0.3 is 20.2 Å². The molecule has 1 aliphatic heterocycles. The average molecular weight is 375 g/mol. The number of likely N-dealkylation sites (tertiary alicyclic amines) is 1. The third-order valence-electron chi connectivity index (χ3n) is 4.64. The van der Waals surface area contributed by atoms with Gasteiger partial charge in [0.2, 0.25) is 11.8 Å². The number of nitrogens with one attached hydrogen (secondary N) is 1. The van der Waals surface area contributed by atoms with Crippen molar-refractivity contribution in [2.75, 3.05) is 32.0 Å². The van der Waals surface area contributed by atoms with E-state index in [-0.39, 0.29) is 30.8 Å².